The van der Waals surface area contributed by atoms with Gasteiger partial charge in [-0.25, -0.2) is 4.98 Å². The Morgan fingerprint density at radius 3 is 2.53 bits per heavy atom. The molecule has 3 fully saturated rings. The van der Waals surface area contributed by atoms with Crippen LogP contribution in [0.1, 0.15) is 104 Å². The lowest BCUT2D eigenvalue weighted by molar-refractivity contribution is -0.384. The summed E-state index contributed by atoms with van der Waals surface area (Å²) in [6, 6.07) is 6.67. The number of nitrogens with one attached hydrogen (secondary N) is 1. The standard InChI is InChI=1S/C30H44N4O2/c1-21-17-25(29(2)15-8-5-9-16-29)26(30(3,20-21)23-12-6-4-7-13-23)19-27-31-28(33-32-27)22-11-10-14-24(18-22)34(35)36/h10-11,14,18,21,23,25-26H,4-9,12-13,15-17,19-20H2,1-3H3,(H,31,32,33). The molecule has 3 saturated carbocycles. The fraction of sp³-hybridized carbons (Fsp3) is 0.733. The molecule has 196 valence electrons. The number of H-pyrrole nitrogens is 1. The molecule has 0 radical (unpaired) electrons. The van der Waals surface area contributed by atoms with Gasteiger partial charge in [-0.2, -0.15) is 5.10 Å². The van der Waals surface area contributed by atoms with E-state index < -0.39 is 0 Å². The van der Waals surface area contributed by atoms with E-state index in [-0.39, 0.29) is 10.6 Å². The van der Waals surface area contributed by atoms with Crippen molar-refractivity contribution >= 4 is 5.69 Å². The Morgan fingerprint density at radius 1 is 1.08 bits per heavy atom. The number of hydrogen-bond donors (Lipinski definition) is 1. The Morgan fingerprint density at radius 2 is 1.81 bits per heavy atom. The van der Waals surface area contributed by atoms with Crippen LogP contribution in [0.15, 0.2) is 24.3 Å². The molecular weight excluding hydrogens is 448 g/mol. The van der Waals surface area contributed by atoms with Crippen molar-refractivity contribution in [2.45, 2.75) is 104 Å². The van der Waals surface area contributed by atoms with Crippen LogP contribution < -0.4 is 0 Å². The number of benzene rings is 1. The number of nitro benzene ring substituents is 1. The van der Waals surface area contributed by atoms with Gasteiger partial charge in [-0.05, 0) is 73.0 Å². The van der Waals surface area contributed by atoms with Crippen LogP contribution in [-0.4, -0.2) is 20.1 Å². The van der Waals surface area contributed by atoms with Crippen LogP contribution in [0.5, 0.6) is 0 Å². The highest BCUT2D eigenvalue weighted by atomic mass is 16.6. The van der Waals surface area contributed by atoms with Gasteiger partial charge in [-0.15, -0.1) is 0 Å². The van der Waals surface area contributed by atoms with Crippen LogP contribution in [0, 0.1) is 44.6 Å². The molecule has 1 heterocycles. The lowest BCUT2D eigenvalue weighted by Gasteiger charge is -2.58. The van der Waals surface area contributed by atoms with Crippen LogP contribution in [0.3, 0.4) is 0 Å². The van der Waals surface area contributed by atoms with Crippen molar-refractivity contribution in [2.24, 2.45) is 34.5 Å². The van der Waals surface area contributed by atoms with E-state index >= 15 is 0 Å². The summed E-state index contributed by atoms with van der Waals surface area (Å²) in [5.74, 6) is 4.38. The number of aromatic amines is 1. The quantitative estimate of drug-likeness (QED) is 0.326. The lowest BCUT2D eigenvalue weighted by atomic mass is 9.47. The monoisotopic (exact) mass is 492 g/mol. The van der Waals surface area contributed by atoms with E-state index in [1.165, 1.54) is 83.1 Å². The van der Waals surface area contributed by atoms with Gasteiger partial charge in [0, 0.05) is 24.1 Å². The SMILES string of the molecule is CC1CC(C2(C)CCCCC2)C(Cc2nc(-c3cccc([N+](=O)[O-])c3)n[nH]2)C(C)(C2CCCCC2)C1. The van der Waals surface area contributed by atoms with E-state index in [4.69, 9.17) is 4.98 Å². The number of nitrogens with zero attached hydrogens (tertiary/aromatic N) is 3. The van der Waals surface area contributed by atoms with Crippen molar-refractivity contribution in [3.8, 4) is 11.4 Å². The van der Waals surface area contributed by atoms with Crippen LogP contribution in [0.2, 0.25) is 0 Å². The summed E-state index contributed by atoms with van der Waals surface area (Å²) >= 11 is 0. The smallest absolute Gasteiger partial charge is 0.263 e. The first-order chi connectivity index (χ1) is 17.3. The van der Waals surface area contributed by atoms with Crippen molar-refractivity contribution in [1.82, 2.24) is 15.2 Å². The largest absolute Gasteiger partial charge is 0.270 e. The Bertz CT molecular complexity index is 1050. The molecule has 3 aliphatic carbocycles. The van der Waals surface area contributed by atoms with E-state index in [1.807, 2.05) is 6.07 Å². The molecule has 4 unspecified atom stereocenters. The van der Waals surface area contributed by atoms with Crippen molar-refractivity contribution in [2.75, 3.05) is 0 Å². The molecule has 2 aromatic rings. The average molecular weight is 493 g/mol. The van der Waals surface area contributed by atoms with Gasteiger partial charge < -0.3 is 0 Å². The molecule has 4 atom stereocenters. The second-order valence-electron chi connectivity index (χ2n) is 12.9. The third-order valence-corrected chi connectivity index (χ3v) is 10.5. The van der Waals surface area contributed by atoms with E-state index in [2.05, 4.69) is 31.0 Å². The predicted octanol–water partition coefficient (Wildman–Crippen LogP) is 8.14. The molecule has 6 nitrogen and oxygen atoms in total. The van der Waals surface area contributed by atoms with Crippen molar-refractivity contribution in [3.63, 3.8) is 0 Å². The zero-order valence-corrected chi connectivity index (χ0v) is 22.5. The number of non-ortho nitro benzene ring substituents is 1. The predicted molar refractivity (Wildman–Crippen MR) is 143 cm³/mol. The molecule has 0 amide bonds. The third kappa shape index (κ3) is 4.97. The minimum atomic E-state index is -0.356. The average Bonchev–Trinajstić information content (AvgIpc) is 3.35. The van der Waals surface area contributed by atoms with Gasteiger partial charge in [0.05, 0.1) is 4.92 Å². The number of hydrogen-bond acceptors (Lipinski definition) is 4. The van der Waals surface area contributed by atoms with E-state index in [1.54, 1.807) is 12.1 Å². The van der Waals surface area contributed by atoms with Gasteiger partial charge in [0.1, 0.15) is 5.82 Å². The van der Waals surface area contributed by atoms with Crippen LogP contribution in [0.4, 0.5) is 5.69 Å². The first-order valence-corrected chi connectivity index (χ1v) is 14.4. The maximum Gasteiger partial charge on any atom is 0.270 e. The van der Waals surface area contributed by atoms with Gasteiger partial charge in [0.15, 0.2) is 5.82 Å². The fourth-order valence-corrected chi connectivity index (χ4v) is 8.63. The molecule has 0 aliphatic heterocycles. The maximum absolute atomic E-state index is 11.3. The third-order valence-electron chi connectivity index (χ3n) is 10.5. The Kier molecular flexibility index (Phi) is 7.24. The first kappa shape index (κ1) is 25.4. The van der Waals surface area contributed by atoms with Gasteiger partial charge >= 0.3 is 0 Å². The van der Waals surface area contributed by atoms with Crippen LogP contribution in [-0.2, 0) is 6.42 Å². The highest BCUT2D eigenvalue weighted by Crippen LogP contribution is 2.61. The van der Waals surface area contributed by atoms with Gasteiger partial charge in [0.2, 0.25) is 0 Å². The minimum Gasteiger partial charge on any atom is -0.263 e. The molecule has 0 bridgehead atoms. The highest BCUT2D eigenvalue weighted by molar-refractivity contribution is 5.58. The first-order valence-electron chi connectivity index (χ1n) is 14.4. The van der Waals surface area contributed by atoms with Crippen LogP contribution >= 0.6 is 0 Å². The lowest BCUT2D eigenvalue weighted by Crippen LogP contribution is -2.51. The van der Waals surface area contributed by atoms with E-state index in [9.17, 15) is 10.1 Å². The van der Waals surface area contributed by atoms with Gasteiger partial charge in [-0.3, -0.25) is 15.2 Å². The molecule has 6 heteroatoms. The zero-order chi connectivity index (χ0) is 25.3. The molecule has 1 aromatic heterocycles. The molecule has 1 aromatic carbocycles. The summed E-state index contributed by atoms with van der Waals surface area (Å²) in [4.78, 5) is 15.8. The molecule has 0 saturated heterocycles. The second kappa shape index (κ2) is 10.3. The normalized spacial score (nSPS) is 31.2. The summed E-state index contributed by atoms with van der Waals surface area (Å²) in [6.07, 6.45) is 17.3. The Hall–Kier alpha value is -2.24. The minimum absolute atomic E-state index is 0.0790. The topological polar surface area (TPSA) is 84.7 Å². The Balaban J connectivity index is 1.48. The zero-order valence-electron chi connectivity index (χ0n) is 22.5. The fourth-order valence-electron chi connectivity index (χ4n) is 8.63. The molecule has 0 spiro atoms. The van der Waals surface area contributed by atoms with Crippen LogP contribution in [0.25, 0.3) is 11.4 Å². The van der Waals surface area contributed by atoms with Crippen molar-refractivity contribution in [3.05, 3.63) is 40.2 Å². The van der Waals surface area contributed by atoms with Gasteiger partial charge in [0.25, 0.3) is 5.69 Å². The number of aromatic nitrogens is 3. The van der Waals surface area contributed by atoms with E-state index in [0.717, 1.165) is 24.1 Å². The van der Waals surface area contributed by atoms with Crippen molar-refractivity contribution < 1.29 is 4.92 Å². The van der Waals surface area contributed by atoms with Crippen molar-refractivity contribution in [1.29, 1.82) is 0 Å². The van der Waals surface area contributed by atoms with Gasteiger partial charge in [-0.1, -0.05) is 71.4 Å². The molecule has 1 N–H and O–H groups in total. The number of nitro groups is 1. The summed E-state index contributed by atoms with van der Waals surface area (Å²) in [5.41, 5.74) is 1.52. The van der Waals surface area contributed by atoms with E-state index in [0.29, 0.717) is 34.1 Å². The molecule has 3 aliphatic rings. The molecular formula is C30H44N4O2. The number of rotatable bonds is 6. The molecule has 5 rings (SSSR count). The Labute approximate surface area is 216 Å². The summed E-state index contributed by atoms with van der Waals surface area (Å²) in [5, 5.41) is 19.1. The second-order valence-corrected chi connectivity index (χ2v) is 12.9. The summed E-state index contributed by atoms with van der Waals surface area (Å²) < 4.78 is 0. The summed E-state index contributed by atoms with van der Waals surface area (Å²) in [6.45, 7) is 7.73. The highest BCUT2D eigenvalue weighted by Gasteiger charge is 2.53. The molecule has 36 heavy (non-hydrogen) atoms. The maximum atomic E-state index is 11.3. The summed E-state index contributed by atoms with van der Waals surface area (Å²) in [7, 11) is 0.